The molecule has 0 aromatic heterocycles. The first-order valence-electron chi connectivity index (χ1n) is 4.64. The molecule has 0 aromatic rings. The molecule has 0 radical (unpaired) electrons. The van der Waals surface area contributed by atoms with Crippen LogP contribution in [0.25, 0.3) is 0 Å². The molecular formula is C10H20O. The van der Waals surface area contributed by atoms with Crippen molar-refractivity contribution in [2.75, 3.05) is 0 Å². The Labute approximate surface area is 70.2 Å². The summed E-state index contributed by atoms with van der Waals surface area (Å²) in [5.41, 5.74) is 0. The summed E-state index contributed by atoms with van der Waals surface area (Å²) in [4.78, 5) is 11.3. The maximum absolute atomic E-state index is 11.3. The lowest BCUT2D eigenvalue weighted by Crippen LogP contribution is -2.14. The number of rotatable bonds is 5. The summed E-state index contributed by atoms with van der Waals surface area (Å²) < 4.78 is 0. The zero-order valence-electron chi connectivity index (χ0n) is 8.18. The Bertz CT molecular complexity index is 116. The maximum atomic E-state index is 11.3. The summed E-state index contributed by atoms with van der Waals surface area (Å²) in [5, 5.41) is 0. The molecule has 0 amide bonds. The Hall–Kier alpha value is -0.330. The van der Waals surface area contributed by atoms with Crippen molar-refractivity contribution in [2.24, 2.45) is 11.8 Å². The first kappa shape index (κ1) is 10.7. The molecule has 0 fully saturated rings. The first-order chi connectivity index (χ1) is 5.11. The third-order valence-electron chi connectivity index (χ3n) is 2.05. The minimum absolute atomic E-state index is 0.319. The normalized spacial score (nSPS) is 13.5. The standard InChI is InChI=1S/C10H20O/c1-5-9(7-8(3)4)10(11)6-2/h8-9H,5-7H2,1-4H3. The smallest absolute Gasteiger partial charge is 0.135 e. The fourth-order valence-electron chi connectivity index (χ4n) is 1.38. The van der Waals surface area contributed by atoms with Crippen LogP contribution < -0.4 is 0 Å². The molecule has 1 heteroatoms. The van der Waals surface area contributed by atoms with Crippen LogP contribution in [0.4, 0.5) is 0 Å². The number of ketones is 1. The van der Waals surface area contributed by atoms with Crippen LogP contribution >= 0.6 is 0 Å². The highest BCUT2D eigenvalue weighted by Gasteiger charge is 2.15. The molecule has 1 nitrogen and oxygen atoms in total. The molecular weight excluding hydrogens is 136 g/mol. The monoisotopic (exact) mass is 156 g/mol. The van der Waals surface area contributed by atoms with Gasteiger partial charge >= 0.3 is 0 Å². The second-order valence-electron chi connectivity index (χ2n) is 3.55. The Balaban J connectivity index is 3.84. The van der Waals surface area contributed by atoms with Crippen LogP contribution in [0.3, 0.4) is 0 Å². The highest BCUT2D eigenvalue weighted by atomic mass is 16.1. The van der Waals surface area contributed by atoms with E-state index < -0.39 is 0 Å². The van der Waals surface area contributed by atoms with Crippen molar-refractivity contribution in [3.63, 3.8) is 0 Å². The van der Waals surface area contributed by atoms with Crippen molar-refractivity contribution >= 4 is 5.78 Å². The molecule has 66 valence electrons. The van der Waals surface area contributed by atoms with Crippen LogP contribution in [0.2, 0.25) is 0 Å². The fraction of sp³-hybridized carbons (Fsp3) is 0.900. The van der Waals surface area contributed by atoms with Crippen LogP contribution in [-0.2, 0) is 4.79 Å². The summed E-state index contributed by atoms with van der Waals surface area (Å²) >= 11 is 0. The average Bonchev–Trinajstić information content (AvgIpc) is 1.98. The van der Waals surface area contributed by atoms with Gasteiger partial charge in [0.25, 0.3) is 0 Å². The van der Waals surface area contributed by atoms with E-state index in [0.717, 1.165) is 12.8 Å². The van der Waals surface area contributed by atoms with Crippen molar-refractivity contribution in [1.82, 2.24) is 0 Å². The molecule has 0 bridgehead atoms. The van der Waals surface area contributed by atoms with Crippen LogP contribution in [0.5, 0.6) is 0 Å². The van der Waals surface area contributed by atoms with Crippen LogP contribution in [0, 0.1) is 11.8 Å². The van der Waals surface area contributed by atoms with E-state index in [2.05, 4.69) is 20.8 Å². The SMILES string of the molecule is CCC(=O)C(CC)CC(C)C. The highest BCUT2D eigenvalue weighted by Crippen LogP contribution is 2.17. The van der Waals surface area contributed by atoms with Gasteiger partial charge in [-0.15, -0.1) is 0 Å². The minimum atomic E-state index is 0.319. The molecule has 0 saturated carbocycles. The van der Waals surface area contributed by atoms with Gasteiger partial charge in [0.1, 0.15) is 5.78 Å². The van der Waals surface area contributed by atoms with E-state index in [1.807, 2.05) is 6.92 Å². The van der Waals surface area contributed by atoms with E-state index in [-0.39, 0.29) is 0 Å². The molecule has 0 saturated heterocycles. The largest absolute Gasteiger partial charge is 0.299 e. The molecule has 0 heterocycles. The van der Waals surface area contributed by atoms with Gasteiger partial charge in [-0.2, -0.15) is 0 Å². The first-order valence-corrected chi connectivity index (χ1v) is 4.64. The van der Waals surface area contributed by atoms with E-state index >= 15 is 0 Å². The third-order valence-corrected chi connectivity index (χ3v) is 2.05. The van der Waals surface area contributed by atoms with Gasteiger partial charge in [0.15, 0.2) is 0 Å². The van der Waals surface area contributed by atoms with Crippen LogP contribution in [0.1, 0.15) is 47.0 Å². The van der Waals surface area contributed by atoms with Crippen LogP contribution in [0.15, 0.2) is 0 Å². The summed E-state index contributed by atoms with van der Waals surface area (Å²) in [6.45, 7) is 8.39. The molecule has 0 spiro atoms. The van der Waals surface area contributed by atoms with E-state index in [0.29, 0.717) is 24.0 Å². The predicted molar refractivity (Wildman–Crippen MR) is 48.5 cm³/mol. The van der Waals surface area contributed by atoms with E-state index in [9.17, 15) is 4.79 Å². The van der Waals surface area contributed by atoms with Gasteiger partial charge < -0.3 is 0 Å². The van der Waals surface area contributed by atoms with E-state index in [4.69, 9.17) is 0 Å². The molecule has 11 heavy (non-hydrogen) atoms. The Morgan fingerprint density at radius 3 is 2.09 bits per heavy atom. The maximum Gasteiger partial charge on any atom is 0.135 e. The molecule has 1 unspecified atom stereocenters. The summed E-state index contributed by atoms with van der Waals surface area (Å²) in [5.74, 6) is 1.40. The lowest BCUT2D eigenvalue weighted by molar-refractivity contribution is -0.123. The summed E-state index contributed by atoms with van der Waals surface area (Å²) in [7, 11) is 0. The lowest BCUT2D eigenvalue weighted by atomic mass is 9.90. The quantitative estimate of drug-likeness (QED) is 0.598. The van der Waals surface area contributed by atoms with E-state index in [1.54, 1.807) is 0 Å². The minimum Gasteiger partial charge on any atom is -0.299 e. The number of hydrogen-bond donors (Lipinski definition) is 0. The molecule has 0 aliphatic carbocycles. The van der Waals surface area contributed by atoms with Crippen molar-refractivity contribution in [2.45, 2.75) is 47.0 Å². The summed E-state index contributed by atoms with van der Waals surface area (Å²) in [6.07, 6.45) is 2.76. The Morgan fingerprint density at radius 2 is 1.82 bits per heavy atom. The van der Waals surface area contributed by atoms with Gasteiger partial charge in [0, 0.05) is 12.3 Å². The Kier molecular flexibility index (Phi) is 5.18. The van der Waals surface area contributed by atoms with Crippen LogP contribution in [-0.4, -0.2) is 5.78 Å². The molecule has 0 aliphatic heterocycles. The second kappa shape index (κ2) is 5.34. The van der Waals surface area contributed by atoms with Crippen molar-refractivity contribution in [3.8, 4) is 0 Å². The second-order valence-corrected chi connectivity index (χ2v) is 3.55. The molecule has 1 atom stereocenters. The van der Waals surface area contributed by atoms with Gasteiger partial charge in [0.2, 0.25) is 0 Å². The van der Waals surface area contributed by atoms with Gasteiger partial charge in [0.05, 0.1) is 0 Å². The average molecular weight is 156 g/mol. The number of Topliss-reactive ketones (excluding diaryl/α,β-unsaturated/α-hetero) is 1. The van der Waals surface area contributed by atoms with Crippen molar-refractivity contribution < 1.29 is 4.79 Å². The predicted octanol–water partition coefficient (Wildman–Crippen LogP) is 3.04. The fourth-order valence-corrected chi connectivity index (χ4v) is 1.38. The molecule has 0 rings (SSSR count). The van der Waals surface area contributed by atoms with Gasteiger partial charge in [-0.25, -0.2) is 0 Å². The molecule has 0 aromatic carbocycles. The lowest BCUT2D eigenvalue weighted by Gasteiger charge is -2.14. The topological polar surface area (TPSA) is 17.1 Å². The zero-order valence-corrected chi connectivity index (χ0v) is 8.18. The van der Waals surface area contributed by atoms with Gasteiger partial charge in [-0.3, -0.25) is 4.79 Å². The summed E-state index contributed by atoms with van der Waals surface area (Å²) in [6, 6.07) is 0. The Morgan fingerprint density at radius 1 is 1.27 bits per heavy atom. The molecule has 0 aliphatic rings. The molecule has 0 N–H and O–H groups in total. The van der Waals surface area contributed by atoms with Gasteiger partial charge in [-0.05, 0) is 18.8 Å². The third kappa shape index (κ3) is 4.18. The van der Waals surface area contributed by atoms with Crippen molar-refractivity contribution in [3.05, 3.63) is 0 Å². The number of carbonyl (C=O) groups is 1. The number of carbonyl (C=O) groups excluding carboxylic acids is 1. The zero-order chi connectivity index (χ0) is 8.85. The van der Waals surface area contributed by atoms with Crippen molar-refractivity contribution in [1.29, 1.82) is 0 Å². The van der Waals surface area contributed by atoms with Gasteiger partial charge in [-0.1, -0.05) is 27.7 Å². The number of hydrogen-bond acceptors (Lipinski definition) is 1. The highest BCUT2D eigenvalue weighted by molar-refractivity contribution is 5.80. The van der Waals surface area contributed by atoms with E-state index in [1.165, 1.54) is 0 Å².